The molecule has 100 valence electrons. The van der Waals surface area contributed by atoms with Gasteiger partial charge in [0, 0.05) is 16.4 Å². The molecule has 2 rings (SSSR count). The summed E-state index contributed by atoms with van der Waals surface area (Å²) in [6.45, 7) is 1.99. The van der Waals surface area contributed by atoms with Crippen molar-refractivity contribution >= 4 is 44.8 Å². The number of nitrogens with one attached hydrogen (secondary N) is 1. The zero-order valence-electron chi connectivity index (χ0n) is 10.3. The van der Waals surface area contributed by atoms with Crippen molar-refractivity contribution in [2.75, 3.05) is 0 Å². The van der Waals surface area contributed by atoms with E-state index in [4.69, 9.17) is 11.6 Å². The highest BCUT2D eigenvalue weighted by Gasteiger charge is 2.11. The molecular formula is C14H13BrClNOS. The Hall–Kier alpha value is -0.840. The van der Waals surface area contributed by atoms with Crippen LogP contribution in [0.15, 0.2) is 39.5 Å². The largest absolute Gasteiger partial charge is 0.349 e. The van der Waals surface area contributed by atoms with Gasteiger partial charge in [-0.15, -0.1) is 11.3 Å². The quantitative estimate of drug-likeness (QED) is 0.855. The van der Waals surface area contributed by atoms with E-state index >= 15 is 0 Å². The Morgan fingerprint density at radius 1 is 1.47 bits per heavy atom. The summed E-state index contributed by atoms with van der Waals surface area (Å²) in [6.07, 6.45) is 0.762. The highest BCUT2D eigenvalue weighted by molar-refractivity contribution is 9.11. The first-order valence-corrected chi connectivity index (χ1v) is 7.89. The minimum atomic E-state index is -0.0449. The molecule has 0 aliphatic rings. The fourth-order valence-corrected chi connectivity index (χ4v) is 3.15. The van der Waals surface area contributed by atoms with Crippen LogP contribution in [0.2, 0.25) is 5.02 Å². The summed E-state index contributed by atoms with van der Waals surface area (Å²) in [5.74, 6) is -0.0449. The number of amides is 1. The van der Waals surface area contributed by atoms with E-state index in [0.29, 0.717) is 5.56 Å². The molecule has 1 amide bonds. The first-order valence-electron chi connectivity index (χ1n) is 5.84. The van der Waals surface area contributed by atoms with Crippen LogP contribution in [0, 0.1) is 0 Å². The van der Waals surface area contributed by atoms with Gasteiger partial charge in [-0.2, -0.15) is 0 Å². The lowest BCUT2D eigenvalue weighted by Gasteiger charge is -2.13. The summed E-state index contributed by atoms with van der Waals surface area (Å²) in [5.41, 5.74) is 1.81. The predicted molar refractivity (Wildman–Crippen MR) is 84.1 cm³/mol. The molecule has 1 N–H and O–H groups in total. The third-order valence-electron chi connectivity index (χ3n) is 2.64. The maximum atomic E-state index is 12.0. The molecule has 0 aliphatic carbocycles. The Morgan fingerprint density at radius 2 is 2.26 bits per heavy atom. The highest BCUT2D eigenvalue weighted by atomic mass is 79.9. The first kappa shape index (κ1) is 14.6. The van der Waals surface area contributed by atoms with Gasteiger partial charge in [-0.3, -0.25) is 4.79 Å². The van der Waals surface area contributed by atoms with E-state index in [0.717, 1.165) is 20.8 Å². The van der Waals surface area contributed by atoms with E-state index < -0.39 is 0 Å². The number of carbonyl (C=O) groups is 1. The average molecular weight is 359 g/mol. The zero-order valence-corrected chi connectivity index (χ0v) is 13.5. The third-order valence-corrected chi connectivity index (χ3v) is 4.38. The monoisotopic (exact) mass is 357 g/mol. The average Bonchev–Trinajstić information content (AvgIpc) is 2.75. The molecule has 1 atom stereocenters. The van der Waals surface area contributed by atoms with Crippen LogP contribution in [0.5, 0.6) is 0 Å². The first-order chi connectivity index (χ1) is 9.04. The summed E-state index contributed by atoms with van der Waals surface area (Å²) in [6, 6.07) is 9.58. The van der Waals surface area contributed by atoms with Crippen LogP contribution in [0.4, 0.5) is 0 Å². The summed E-state index contributed by atoms with van der Waals surface area (Å²) in [5, 5.41) is 5.54. The number of benzene rings is 1. The van der Waals surface area contributed by atoms with E-state index in [1.807, 2.05) is 42.6 Å². The normalized spacial score (nSPS) is 12.2. The van der Waals surface area contributed by atoms with Gasteiger partial charge in [-0.25, -0.2) is 0 Å². The Kier molecular flexibility index (Phi) is 5.02. The van der Waals surface area contributed by atoms with Gasteiger partial charge >= 0.3 is 0 Å². The second kappa shape index (κ2) is 6.55. The van der Waals surface area contributed by atoms with Crippen molar-refractivity contribution in [3.8, 4) is 0 Å². The van der Waals surface area contributed by atoms with Gasteiger partial charge in [0.1, 0.15) is 0 Å². The molecule has 1 aromatic heterocycles. The second-order valence-electron chi connectivity index (χ2n) is 4.35. The molecule has 0 radical (unpaired) electrons. The molecule has 1 heterocycles. The number of thiophene rings is 1. The molecule has 2 nitrogen and oxygen atoms in total. The van der Waals surface area contributed by atoms with E-state index in [1.165, 1.54) is 11.3 Å². The topological polar surface area (TPSA) is 29.1 Å². The van der Waals surface area contributed by atoms with Crippen LogP contribution in [-0.4, -0.2) is 11.9 Å². The molecule has 19 heavy (non-hydrogen) atoms. The van der Waals surface area contributed by atoms with E-state index in [2.05, 4.69) is 21.2 Å². The molecule has 1 unspecified atom stereocenters. The van der Waals surface area contributed by atoms with Gasteiger partial charge in [-0.05, 0) is 53.0 Å². The molecule has 0 fully saturated rings. The number of hydrogen-bond acceptors (Lipinski definition) is 2. The van der Waals surface area contributed by atoms with Crippen LogP contribution in [0.25, 0.3) is 0 Å². The molecule has 0 aliphatic heterocycles. The maximum Gasteiger partial charge on any atom is 0.252 e. The molecule has 1 aromatic carbocycles. The Bertz CT molecular complexity index is 584. The number of carbonyl (C=O) groups excluding carboxylic acids is 1. The van der Waals surface area contributed by atoms with Crippen LogP contribution < -0.4 is 5.32 Å². The van der Waals surface area contributed by atoms with E-state index in [-0.39, 0.29) is 11.9 Å². The minimum absolute atomic E-state index is 0.0449. The molecule has 0 spiro atoms. The van der Waals surface area contributed by atoms with Gasteiger partial charge in [0.05, 0.1) is 9.35 Å². The van der Waals surface area contributed by atoms with Crippen molar-refractivity contribution in [2.45, 2.75) is 19.4 Å². The summed E-state index contributed by atoms with van der Waals surface area (Å²) < 4.78 is 0.958. The summed E-state index contributed by atoms with van der Waals surface area (Å²) in [4.78, 5) is 12.0. The fourth-order valence-electron chi connectivity index (χ4n) is 1.80. The van der Waals surface area contributed by atoms with Crippen molar-refractivity contribution < 1.29 is 4.79 Å². The highest BCUT2D eigenvalue weighted by Crippen LogP contribution is 2.20. The van der Waals surface area contributed by atoms with Crippen molar-refractivity contribution in [3.05, 3.63) is 55.6 Å². The van der Waals surface area contributed by atoms with Gasteiger partial charge in [0.25, 0.3) is 5.91 Å². The SMILES string of the molecule is CC(Cc1cccc(Cl)c1)NC(=O)c1csc(Br)c1. The number of hydrogen-bond donors (Lipinski definition) is 1. The molecule has 0 saturated carbocycles. The predicted octanol–water partition coefficient (Wildman–Crippen LogP) is 4.53. The van der Waals surface area contributed by atoms with Gasteiger partial charge < -0.3 is 5.32 Å². The lowest BCUT2D eigenvalue weighted by molar-refractivity contribution is 0.0940. The van der Waals surface area contributed by atoms with Gasteiger partial charge in [-0.1, -0.05) is 23.7 Å². The smallest absolute Gasteiger partial charge is 0.252 e. The fraction of sp³-hybridized carbons (Fsp3) is 0.214. The Balaban J connectivity index is 1.94. The van der Waals surface area contributed by atoms with Crippen molar-refractivity contribution in [1.82, 2.24) is 5.32 Å². The zero-order chi connectivity index (χ0) is 13.8. The number of halogens is 2. The van der Waals surface area contributed by atoms with E-state index in [1.54, 1.807) is 0 Å². The Labute approximate surface area is 129 Å². The van der Waals surface area contributed by atoms with Crippen molar-refractivity contribution in [1.29, 1.82) is 0 Å². The molecule has 0 bridgehead atoms. The lowest BCUT2D eigenvalue weighted by atomic mass is 10.1. The van der Waals surface area contributed by atoms with E-state index in [9.17, 15) is 4.79 Å². The third kappa shape index (κ3) is 4.34. The standard InChI is InChI=1S/C14H13BrClNOS/c1-9(5-10-3-2-4-12(16)6-10)17-14(18)11-7-13(15)19-8-11/h2-4,6-9H,5H2,1H3,(H,17,18). The maximum absolute atomic E-state index is 12.0. The molecule has 0 saturated heterocycles. The van der Waals surface area contributed by atoms with Crippen LogP contribution in [-0.2, 0) is 6.42 Å². The summed E-state index contributed by atoms with van der Waals surface area (Å²) >= 11 is 10.8. The molecular weight excluding hydrogens is 346 g/mol. The molecule has 5 heteroatoms. The van der Waals surface area contributed by atoms with Gasteiger partial charge in [0.2, 0.25) is 0 Å². The van der Waals surface area contributed by atoms with Crippen LogP contribution >= 0.6 is 38.9 Å². The number of rotatable bonds is 4. The van der Waals surface area contributed by atoms with Crippen LogP contribution in [0.1, 0.15) is 22.8 Å². The Morgan fingerprint density at radius 3 is 2.89 bits per heavy atom. The van der Waals surface area contributed by atoms with Crippen molar-refractivity contribution in [3.63, 3.8) is 0 Å². The minimum Gasteiger partial charge on any atom is -0.349 e. The van der Waals surface area contributed by atoms with Gasteiger partial charge in [0.15, 0.2) is 0 Å². The van der Waals surface area contributed by atoms with Crippen LogP contribution in [0.3, 0.4) is 0 Å². The molecule has 2 aromatic rings. The lowest BCUT2D eigenvalue weighted by Crippen LogP contribution is -2.33. The summed E-state index contributed by atoms with van der Waals surface area (Å²) in [7, 11) is 0. The van der Waals surface area contributed by atoms with Crippen molar-refractivity contribution in [2.24, 2.45) is 0 Å². The second-order valence-corrected chi connectivity index (χ2v) is 7.07.